The fourth-order valence-electron chi connectivity index (χ4n) is 3.48. The van der Waals surface area contributed by atoms with Crippen LogP contribution in [0, 0.1) is 6.92 Å². The Bertz CT molecular complexity index is 1120. The van der Waals surface area contributed by atoms with Crippen LogP contribution in [0.1, 0.15) is 27.0 Å². The van der Waals surface area contributed by atoms with E-state index < -0.39 is 15.7 Å². The molecule has 1 atom stereocenters. The first-order valence-electron chi connectivity index (χ1n) is 10.00. The fraction of sp³-hybridized carbons (Fsp3) is 0.318. The van der Waals surface area contributed by atoms with Crippen molar-refractivity contribution in [3.05, 3.63) is 70.1 Å². The Morgan fingerprint density at radius 3 is 2.55 bits per heavy atom. The van der Waals surface area contributed by atoms with Crippen molar-refractivity contribution in [1.82, 2.24) is 10.2 Å². The summed E-state index contributed by atoms with van der Waals surface area (Å²) in [4.78, 5) is 16.3. The molecule has 7 nitrogen and oxygen atoms in total. The molecule has 1 fully saturated rings. The third-order valence-corrected chi connectivity index (χ3v) is 7.83. The summed E-state index contributed by atoms with van der Waals surface area (Å²) in [5.41, 5.74) is 0.957. The summed E-state index contributed by atoms with van der Waals surface area (Å²) in [5.74, 6) is -0.474. The van der Waals surface area contributed by atoms with Crippen LogP contribution in [0.2, 0.25) is 0 Å². The molecule has 31 heavy (non-hydrogen) atoms. The van der Waals surface area contributed by atoms with E-state index in [1.54, 1.807) is 23.5 Å². The zero-order valence-corrected chi connectivity index (χ0v) is 18.7. The number of aryl methyl sites for hydroxylation is 1. The number of furan rings is 1. The second-order valence-electron chi connectivity index (χ2n) is 7.32. The maximum Gasteiger partial charge on any atom is 0.287 e. The standard InChI is InChI=1S/C22H24N2O5S2/c1-16-4-6-17(7-5-16)31(26,27)21-9-8-19(29-21)22(25)23-15-18(20-3-2-14-30-20)24-10-12-28-13-11-24/h2-9,14,18H,10-13,15H2,1H3,(H,23,25). The van der Waals surface area contributed by atoms with E-state index in [4.69, 9.17) is 9.15 Å². The van der Waals surface area contributed by atoms with Crippen LogP contribution in [0.5, 0.6) is 0 Å². The van der Waals surface area contributed by atoms with Gasteiger partial charge < -0.3 is 14.5 Å². The summed E-state index contributed by atoms with van der Waals surface area (Å²) in [6, 6.07) is 13.3. The van der Waals surface area contributed by atoms with Gasteiger partial charge in [0.15, 0.2) is 5.76 Å². The largest absolute Gasteiger partial charge is 0.439 e. The number of rotatable bonds is 7. The number of thiophene rings is 1. The molecule has 0 saturated carbocycles. The zero-order valence-electron chi connectivity index (χ0n) is 17.1. The molecular weight excluding hydrogens is 436 g/mol. The highest BCUT2D eigenvalue weighted by molar-refractivity contribution is 7.91. The van der Waals surface area contributed by atoms with Gasteiger partial charge in [-0.25, -0.2) is 8.42 Å². The van der Waals surface area contributed by atoms with Gasteiger partial charge in [-0.2, -0.15) is 0 Å². The van der Waals surface area contributed by atoms with Crippen LogP contribution < -0.4 is 5.32 Å². The Hall–Kier alpha value is -2.46. The molecule has 0 radical (unpaired) electrons. The SMILES string of the molecule is Cc1ccc(S(=O)(=O)c2ccc(C(=O)NCC(c3cccs3)N3CCOCC3)o2)cc1. The molecule has 4 rings (SSSR count). The molecule has 3 aromatic rings. The minimum absolute atomic E-state index is 0.0265. The average molecular weight is 461 g/mol. The Labute approximate surface area is 185 Å². The van der Waals surface area contributed by atoms with Crippen LogP contribution >= 0.6 is 11.3 Å². The normalized spacial score (nSPS) is 16.2. The van der Waals surface area contributed by atoms with Gasteiger partial charge in [-0.1, -0.05) is 23.8 Å². The third-order valence-electron chi connectivity index (χ3n) is 5.22. The van der Waals surface area contributed by atoms with Gasteiger partial charge in [-0.15, -0.1) is 11.3 Å². The Kier molecular flexibility index (Phi) is 6.57. The molecular formula is C22H24N2O5S2. The van der Waals surface area contributed by atoms with Crippen LogP contribution in [-0.2, 0) is 14.6 Å². The molecule has 1 amide bonds. The summed E-state index contributed by atoms with van der Waals surface area (Å²) in [5, 5.41) is 4.66. The predicted octanol–water partition coefficient (Wildman–Crippen LogP) is 3.29. The summed E-state index contributed by atoms with van der Waals surface area (Å²) < 4.78 is 36.4. The fourth-order valence-corrected chi connectivity index (χ4v) is 5.51. The molecule has 1 saturated heterocycles. The maximum absolute atomic E-state index is 12.8. The number of carbonyl (C=O) groups is 1. The van der Waals surface area contributed by atoms with Gasteiger partial charge in [-0.3, -0.25) is 9.69 Å². The van der Waals surface area contributed by atoms with E-state index in [1.165, 1.54) is 24.3 Å². The molecule has 0 bridgehead atoms. The molecule has 2 aromatic heterocycles. The van der Waals surface area contributed by atoms with Gasteiger partial charge in [0.05, 0.1) is 24.2 Å². The Morgan fingerprint density at radius 2 is 1.87 bits per heavy atom. The van der Waals surface area contributed by atoms with Gasteiger partial charge in [-0.05, 0) is 42.6 Å². The summed E-state index contributed by atoms with van der Waals surface area (Å²) in [6.45, 7) is 5.17. The third kappa shape index (κ3) is 4.90. The minimum Gasteiger partial charge on any atom is -0.439 e. The van der Waals surface area contributed by atoms with E-state index in [2.05, 4.69) is 16.3 Å². The van der Waals surface area contributed by atoms with Crippen molar-refractivity contribution < 1.29 is 22.4 Å². The van der Waals surface area contributed by atoms with Gasteiger partial charge in [0, 0.05) is 24.5 Å². The van der Waals surface area contributed by atoms with Crippen molar-refractivity contribution in [3.8, 4) is 0 Å². The quantitative estimate of drug-likeness (QED) is 0.582. The number of ether oxygens (including phenoxy) is 1. The highest BCUT2D eigenvalue weighted by Crippen LogP contribution is 2.26. The summed E-state index contributed by atoms with van der Waals surface area (Å²) in [7, 11) is -3.82. The molecule has 1 aromatic carbocycles. The molecule has 9 heteroatoms. The van der Waals surface area contributed by atoms with Crippen LogP contribution in [0.25, 0.3) is 0 Å². The van der Waals surface area contributed by atoms with Crippen molar-refractivity contribution in [1.29, 1.82) is 0 Å². The second-order valence-corrected chi connectivity index (χ2v) is 10.2. The van der Waals surface area contributed by atoms with Crippen molar-refractivity contribution in [2.45, 2.75) is 23.0 Å². The first kappa shape index (κ1) is 21.8. The lowest BCUT2D eigenvalue weighted by atomic mass is 10.2. The number of carbonyl (C=O) groups excluding carboxylic acids is 1. The molecule has 164 valence electrons. The van der Waals surface area contributed by atoms with Crippen molar-refractivity contribution in [2.75, 3.05) is 32.8 Å². The van der Waals surface area contributed by atoms with Crippen LogP contribution in [0.4, 0.5) is 0 Å². The lowest BCUT2D eigenvalue weighted by molar-refractivity contribution is 0.0168. The van der Waals surface area contributed by atoms with E-state index in [-0.39, 0.29) is 21.8 Å². The first-order chi connectivity index (χ1) is 14.9. The number of hydrogen-bond acceptors (Lipinski definition) is 7. The van der Waals surface area contributed by atoms with E-state index in [0.29, 0.717) is 19.8 Å². The van der Waals surface area contributed by atoms with Crippen LogP contribution in [-0.4, -0.2) is 52.1 Å². The van der Waals surface area contributed by atoms with Crippen molar-refractivity contribution in [3.63, 3.8) is 0 Å². The predicted molar refractivity (Wildman–Crippen MR) is 117 cm³/mol. The van der Waals surface area contributed by atoms with Crippen LogP contribution in [0.3, 0.4) is 0 Å². The van der Waals surface area contributed by atoms with Gasteiger partial charge >= 0.3 is 0 Å². The molecule has 1 N–H and O–H groups in total. The number of nitrogens with zero attached hydrogens (tertiary/aromatic N) is 1. The molecule has 0 aliphatic carbocycles. The highest BCUT2D eigenvalue weighted by atomic mass is 32.2. The Morgan fingerprint density at radius 1 is 1.13 bits per heavy atom. The number of amides is 1. The number of morpholine rings is 1. The van der Waals surface area contributed by atoms with Gasteiger partial charge in [0.25, 0.3) is 5.91 Å². The summed E-state index contributed by atoms with van der Waals surface area (Å²) in [6.07, 6.45) is 0. The van der Waals surface area contributed by atoms with Gasteiger partial charge in [0.2, 0.25) is 14.9 Å². The van der Waals surface area contributed by atoms with Crippen LogP contribution in [0.15, 0.2) is 68.3 Å². The first-order valence-corrected chi connectivity index (χ1v) is 12.4. The van der Waals surface area contributed by atoms with Crippen molar-refractivity contribution >= 4 is 27.1 Å². The lowest BCUT2D eigenvalue weighted by Crippen LogP contribution is -2.43. The number of benzene rings is 1. The molecule has 1 unspecified atom stereocenters. The smallest absolute Gasteiger partial charge is 0.287 e. The highest BCUT2D eigenvalue weighted by Gasteiger charge is 2.26. The molecule has 3 heterocycles. The summed E-state index contributed by atoms with van der Waals surface area (Å²) >= 11 is 1.64. The lowest BCUT2D eigenvalue weighted by Gasteiger charge is -2.34. The molecule has 1 aliphatic heterocycles. The number of nitrogens with one attached hydrogen (secondary N) is 1. The number of sulfone groups is 1. The topological polar surface area (TPSA) is 88.9 Å². The molecule has 1 aliphatic rings. The molecule has 0 spiro atoms. The number of hydrogen-bond donors (Lipinski definition) is 1. The van der Waals surface area contributed by atoms with E-state index in [0.717, 1.165) is 23.5 Å². The zero-order chi connectivity index (χ0) is 21.8. The Balaban J connectivity index is 1.46. The maximum atomic E-state index is 12.8. The van der Waals surface area contributed by atoms with E-state index in [9.17, 15) is 13.2 Å². The average Bonchev–Trinajstić information content (AvgIpc) is 3.48. The van der Waals surface area contributed by atoms with E-state index in [1.807, 2.05) is 18.4 Å². The minimum atomic E-state index is -3.82. The van der Waals surface area contributed by atoms with Crippen molar-refractivity contribution in [2.24, 2.45) is 0 Å². The monoisotopic (exact) mass is 460 g/mol. The second kappa shape index (κ2) is 9.35. The van der Waals surface area contributed by atoms with E-state index >= 15 is 0 Å². The van der Waals surface area contributed by atoms with Gasteiger partial charge in [0.1, 0.15) is 0 Å².